The molecule has 0 unspecified atom stereocenters. The van der Waals surface area contributed by atoms with Crippen LogP contribution in [0.1, 0.15) is 27.6 Å². The first-order valence-corrected chi connectivity index (χ1v) is 7.69. The van der Waals surface area contributed by atoms with E-state index in [1.54, 1.807) is 33.2 Å². The average molecular weight is 358 g/mol. The number of aromatic nitrogens is 2. The lowest BCUT2D eigenvalue weighted by Crippen LogP contribution is -2.26. The molecule has 1 heterocycles. The standard InChI is InChI=1S/C15H17Cl2N3O3/c1-9-11(16)6-10(7-12(9)17)15(21)20(2)8-14-18-13(19-23-14)4-5-22-3/h6-7H,4-5,8H2,1-3H3. The topological polar surface area (TPSA) is 68.5 Å². The normalized spacial score (nSPS) is 10.8. The van der Waals surface area contributed by atoms with E-state index in [9.17, 15) is 4.79 Å². The third-order valence-electron chi connectivity index (χ3n) is 3.29. The monoisotopic (exact) mass is 357 g/mol. The lowest BCUT2D eigenvalue weighted by molar-refractivity contribution is 0.0769. The fourth-order valence-corrected chi connectivity index (χ4v) is 2.40. The Kier molecular flexibility index (Phi) is 5.98. The number of carbonyl (C=O) groups excluding carboxylic acids is 1. The number of methoxy groups -OCH3 is 1. The Morgan fingerprint density at radius 3 is 2.61 bits per heavy atom. The molecular weight excluding hydrogens is 341 g/mol. The first-order chi connectivity index (χ1) is 10.9. The molecule has 1 aromatic heterocycles. The predicted molar refractivity (Wildman–Crippen MR) is 86.9 cm³/mol. The molecule has 0 N–H and O–H groups in total. The largest absolute Gasteiger partial charge is 0.384 e. The van der Waals surface area contributed by atoms with Crippen LogP contribution in [0.5, 0.6) is 0 Å². The highest BCUT2D eigenvalue weighted by atomic mass is 35.5. The molecule has 1 amide bonds. The Labute approximate surface area is 144 Å². The molecule has 8 heteroatoms. The minimum Gasteiger partial charge on any atom is -0.384 e. The maximum absolute atomic E-state index is 12.4. The van der Waals surface area contributed by atoms with E-state index < -0.39 is 0 Å². The molecule has 0 atom stereocenters. The summed E-state index contributed by atoms with van der Waals surface area (Å²) in [5.74, 6) is 0.672. The van der Waals surface area contributed by atoms with Crippen molar-refractivity contribution < 1.29 is 14.1 Å². The third kappa shape index (κ3) is 4.43. The molecule has 124 valence electrons. The molecule has 0 aliphatic heterocycles. The van der Waals surface area contributed by atoms with Crippen LogP contribution in [-0.4, -0.2) is 41.7 Å². The number of amides is 1. The molecule has 6 nitrogen and oxygen atoms in total. The Balaban J connectivity index is 2.06. The van der Waals surface area contributed by atoms with Crippen LogP contribution in [0.2, 0.25) is 10.0 Å². The van der Waals surface area contributed by atoms with Crippen LogP contribution in [0.3, 0.4) is 0 Å². The van der Waals surface area contributed by atoms with Gasteiger partial charge in [0.1, 0.15) is 0 Å². The summed E-state index contributed by atoms with van der Waals surface area (Å²) in [5.41, 5.74) is 1.15. The summed E-state index contributed by atoms with van der Waals surface area (Å²) in [7, 11) is 3.24. The minimum atomic E-state index is -0.231. The quantitative estimate of drug-likeness (QED) is 0.794. The first-order valence-electron chi connectivity index (χ1n) is 6.94. The summed E-state index contributed by atoms with van der Waals surface area (Å²) < 4.78 is 10.1. The fourth-order valence-electron chi connectivity index (χ4n) is 1.91. The molecule has 0 aliphatic carbocycles. The SMILES string of the molecule is COCCc1noc(CN(C)C(=O)c2cc(Cl)c(C)c(Cl)c2)n1. The van der Waals surface area contributed by atoms with Gasteiger partial charge >= 0.3 is 0 Å². The van der Waals surface area contributed by atoms with Gasteiger partial charge in [0, 0.05) is 36.2 Å². The number of nitrogens with zero attached hydrogens (tertiary/aromatic N) is 3. The average Bonchev–Trinajstić information content (AvgIpc) is 2.96. The van der Waals surface area contributed by atoms with Crippen LogP contribution in [0.25, 0.3) is 0 Å². The zero-order valence-corrected chi connectivity index (χ0v) is 14.6. The van der Waals surface area contributed by atoms with Gasteiger partial charge in [-0.2, -0.15) is 4.98 Å². The molecular formula is C15H17Cl2N3O3. The van der Waals surface area contributed by atoms with E-state index in [-0.39, 0.29) is 12.5 Å². The Morgan fingerprint density at radius 1 is 1.35 bits per heavy atom. The summed E-state index contributed by atoms with van der Waals surface area (Å²) >= 11 is 12.1. The van der Waals surface area contributed by atoms with Crippen molar-refractivity contribution >= 4 is 29.1 Å². The second kappa shape index (κ2) is 7.77. The summed E-state index contributed by atoms with van der Waals surface area (Å²) in [6.07, 6.45) is 0.556. The van der Waals surface area contributed by atoms with Crippen molar-refractivity contribution in [2.75, 3.05) is 20.8 Å². The third-order valence-corrected chi connectivity index (χ3v) is 4.07. The van der Waals surface area contributed by atoms with Crippen molar-refractivity contribution in [2.24, 2.45) is 0 Å². The lowest BCUT2D eigenvalue weighted by Gasteiger charge is -2.15. The van der Waals surface area contributed by atoms with E-state index in [4.69, 9.17) is 32.5 Å². The zero-order chi connectivity index (χ0) is 17.0. The number of rotatable bonds is 6. The van der Waals surface area contributed by atoms with E-state index in [1.165, 1.54) is 4.90 Å². The number of ether oxygens (including phenoxy) is 1. The van der Waals surface area contributed by atoms with E-state index in [0.29, 0.717) is 40.4 Å². The van der Waals surface area contributed by atoms with Crippen LogP contribution in [0.15, 0.2) is 16.7 Å². The van der Waals surface area contributed by atoms with Gasteiger partial charge in [-0.3, -0.25) is 4.79 Å². The lowest BCUT2D eigenvalue weighted by atomic mass is 10.1. The summed E-state index contributed by atoms with van der Waals surface area (Å²) in [5, 5.41) is 4.74. The van der Waals surface area contributed by atoms with Gasteiger partial charge in [-0.1, -0.05) is 28.4 Å². The molecule has 0 aliphatic rings. The molecule has 0 fully saturated rings. The van der Waals surface area contributed by atoms with Crippen LogP contribution in [0.4, 0.5) is 0 Å². The highest BCUT2D eigenvalue weighted by Gasteiger charge is 2.17. The van der Waals surface area contributed by atoms with Crippen molar-refractivity contribution in [2.45, 2.75) is 19.9 Å². The van der Waals surface area contributed by atoms with Crippen molar-refractivity contribution in [1.82, 2.24) is 15.0 Å². The molecule has 0 bridgehead atoms. The Morgan fingerprint density at radius 2 is 2.00 bits per heavy atom. The van der Waals surface area contributed by atoms with Crippen molar-refractivity contribution in [3.8, 4) is 0 Å². The van der Waals surface area contributed by atoms with Crippen LogP contribution >= 0.6 is 23.2 Å². The number of carbonyl (C=O) groups is 1. The van der Waals surface area contributed by atoms with Crippen molar-refractivity contribution in [3.63, 3.8) is 0 Å². The van der Waals surface area contributed by atoms with Gasteiger partial charge in [-0.05, 0) is 24.6 Å². The van der Waals surface area contributed by atoms with Gasteiger partial charge < -0.3 is 14.2 Å². The molecule has 2 aromatic rings. The number of hydrogen-bond donors (Lipinski definition) is 0. The molecule has 0 saturated heterocycles. The van der Waals surface area contributed by atoms with Gasteiger partial charge in [0.05, 0.1) is 13.2 Å². The Bertz CT molecular complexity index is 680. The van der Waals surface area contributed by atoms with Gasteiger partial charge in [0.15, 0.2) is 5.82 Å². The van der Waals surface area contributed by atoms with Crippen LogP contribution in [0, 0.1) is 6.92 Å². The van der Waals surface area contributed by atoms with Crippen molar-refractivity contribution in [1.29, 1.82) is 0 Å². The highest BCUT2D eigenvalue weighted by molar-refractivity contribution is 6.36. The molecule has 0 saturated carbocycles. The van der Waals surface area contributed by atoms with E-state index in [2.05, 4.69) is 10.1 Å². The van der Waals surface area contributed by atoms with E-state index >= 15 is 0 Å². The molecule has 2 rings (SSSR count). The predicted octanol–water partition coefficient (Wildman–Crippen LogP) is 3.15. The molecule has 23 heavy (non-hydrogen) atoms. The van der Waals surface area contributed by atoms with E-state index in [1.807, 2.05) is 0 Å². The Hall–Kier alpha value is -1.63. The summed E-state index contributed by atoms with van der Waals surface area (Å²) in [6.45, 7) is 2.50. The van der Waals surface area contributed by atoms with Crippen LogP contribution < -0.4 is 0 Å². The molecule has 1 aromatic carbocycles. The minimum absolute atomic E-state index is 0.196. The number of halogens is 2. The highest BCUT2D eigenvalue weighted by Crippen LogP contribution is 2.26. The second-order valence-corrected chi connectivity index (χ2v) is 5.89. The second-order valence-electron chi connectivity index (χ2n) is 5.07. The number of benzene rings is 1. The maximum atomic E-state index is 12.4. The van der Waals surface area contributed by atoms with Gasteiger partial charge in [-0.15, -0.1) is 0 Å². The maximum Gasteiger partial charge on any atom is 0.254 e. The zero-order valence-electron chi connectivity index (χ0n) is 13.1. The molecule has 0 spiro atoms. The smallest absolute Gasteiger partial charge is 0.254 e. The van der Waals surface area contributed by atoms with Crippen molar-refractivity contribution in [3.05, 3.63) is 45.0 Å². The van der Waals surface area contributed by atoms with E-state index in [0.717, 1.165) is 5.56 Å². The van der Waals surface area contributed by atoms with Gasteiger partial charge in [0.25, 0.3) is 5.91 Å². The van der Waals surface area contributed by atoms with Crippen LogP contribution in [-0.2, 0) is 17.7 Å². The number of hydrogen-bond acceptors (Lipinski definition) is 5. The molecule has 0 radical (unpaired) electrons. The van der Waals surface area contributed by atoms with Gasteiger partial charge in [0.2, 0.25) is 5.89 Å². The first kappa shape index (κ1) is 17.7. The fraction of sp³-hybridized carbons (Fsp3) is 0.400. The van der Waals surface area contributed by atoms with Gasteiger partial charge in [-0.25, -0.2) is 0 Å². The summed E-state index contributed by atoms with van der Waals surface area (Å²) in [6, 6.07) is 3.19. The summed E-state index contributed by atoms with van der Waals surface area (Å²) in [4.78, 5) is 18.1.